The number of phenols is 1. The molecule has 0 unspecified atom stereocenters. The zero-order valence-electron chi connectivity index (χ0n) is 7.57. The minimum absolute atomic E-state index is 0. The van der Waals surface area contributed by atoms with Crippen LogP contribution in [0.25, 0.3) is 11.0 Å². The van der Waals surface area contributed by atoms with Crippen molar-refractivity contribution in [3.8, 4) is 5.75 Å². The van der Waals surface area contributed by atoms with Crippen LogP contribution in [0.2, 0.25) is 0 Å². The van der Waals surface area contributed by atoms with Crippen LogP contribution >= 0.6 is 0 Å². The number of phenolic OH excluding ortho intramolecular Hbond substituents is 1. The molecule has 74 valence electrons. The molecule has 14 heavy (non-hydrogen) atoms. The fraction of sp³-hybridized carbons (Fsp3) is 0.100. The SMILES string of the molecule is Cc1cc(=O)oc2cc(O)ccc12.O. The van der Waals surface area contributed by atoms with E-state index in [1.165, 1.54) is 12.1 Å². The van der Waals surface area contributed by atoms with Crippen molar-refractivity contribution in [3.63, 3.8) is 0 Å². The van der Waals surface area contributed by atoms with Gasteiger partial charge in [-0.25, -0.2) is 4.79 Å². The second kappa shape index (κ2) is 3.51. The van der Waals surface area contributed by atoms with E-state index in [0.29, 0.717) is 5.58 Å². The van der Waals surface area contributed by atoms with Crippen molar-refractivity contribution in [2.45, 2.75) is 6.92 Å². The second-order valence-corrected chi connectivity index (χ2v) is 2.93. The zero-order chi connectivity index (χ0) is 9.42. The lowest BCUT2D eigenvalue weighted by atomic mass is 10.1. The number of aryl methyl sites for hydroxylation is 1. The van der Waals surface area contributed by atoms with Crippen molar-refractivity contribution < 1.29 is 15.0 Å². The molecule has 1 aromatic heterocycles. The van der Waals surface area contributed by atoms with Crippen molar-refractivity contribution in [1.82, 2.24) is 0 Å². The third-order valence-corrected chi connectivity index (χ3v) is 1.93. The number of hydrogen-bond acceptors (Lipinski definition) is 3. The fourth-order valence-corrected chi connectivity index (χ4v) is 1.31. The quantitative estimate of drug-likeness (QED) is 0.634. The first kappa shape index (κ1) is 10.3. The Kier molecular flexibility index (Phi) is 2.58. The average Bonchev–Trinajstić information content (AvgIpc) is 2.02. The van der Waals surface area contributed by atoms with E-state index in [2.05, 4.69) is 0 Å². The average molecular weight is 194 g/mol. The Morgan fingerprint density at radius 1 is 1.29 bits per heavy atom. The van der Waals surface area contributed by atoms with Crippen LogP contribution in [0.4, 0.5) is 0 Å². The van der Waals surface area contributed by atoms with Gasteiger partial charge in [-0.3, -0.25) is 0 Å². The van der Waals surface area contributed by atoms with Crippen LogP contribution in [0.5, 0.6) is 5.75 Å². The summed E-state index contributed by atoms with van der Waals surface area (Å²) in [5, 5.41) is 9.99. The van der Waals surface area contributed by atoms with E-state index in [0.717, 1.165) is 10.9 Å². The Balaban J connectivity index is 0.000000980. The maximum absolute atomic E-state index is 11.0. The smallest absolute Gasteiger partial charge is 0.336 e. The summed E-state index contributed by atoms with van der Waals surface area (Å²) < 4.78 is 4.91. The summed E-state index contributed by atoms with van der Waals surface area (Å²) in [5.74, 6) is 0.0984. The van der Waals surface area contributed by atoms with Crippen LogP contribution in [0, 0.1) is 6.92 Å². The lowest BCUT2D eigenvalue weighted by molar-refractivity contribution is 0.473. The molecule has 2 rings (SSSR count). The van der Waals surface area contributed by atoms with Gasteiger partial charge in [0.15, 0.2) is 0 Å². The van der Waals surface area contributed by atoms with E-state index in [4.69, 9.17) is 9.52 Å². The summed E-state index contributed by atoms with van der Waals surface area (Å²) in [5.41, 5.74) is 0.881. The largest absolute Gasteiger partial charge is 0.508 e. The van der Waals surface area contributed by atoms with Gasteiger partial charge in [-0.15, -0.1) is 0 Å². The molecule has 0 saturated carbocycles. The zero-order valence-corrected chi connectivity index (χ0v) is 7.57. The van der Waals surface area contributed by atoms with Gasteiger partial charge < -0.3 is 15.0 Å². The lowest BCUT2D eigenvalue weighted by Crippen LogP contribution is -1.97. The topological polar surface area (TPSA) is 81.9 Å². The third kappa shape index (κ3) is 1.60. The Bertz CT molecular complexity index is 513. The first-order chi connectivity index (χ1) is 6.16. The Morgan fingerprint density at radius 3 is 2.71 bits per heavy atom. The molecule has 0 atom stereocenters. The van der Waals surface area contributed by atoms with Crippen molar-refractivity contribution in [2.75, 3.05) is 0 Å². The van der Waals surface area contributed by atoms with Crippen molar-refractivity contribution >= 4 is 11.0 Å². The predicted octanol–water partition coefficient (Wildman–Crippen LogP) is 0.982. The van der Waals surface area contributed by atoms with Crippen LogP contribution in [-0.2, 0) is 0 Å². The van der Waals surface area contributed by atoms with E-state index in [1.54, 1.807) is 12.1 Å². The highest BCUT2D eigenvalue weighted by Crippen LogP contribution is 2.20. The normalized spacial score (nSPS) is 9.79. The van der Waals surface area contributed by atoms with Crippen LogP contribution in [0.1, 0.15) is 5.56 Å². The summed E-state index contributed by atoms with van der Waals surface area (Å²) >= 11 is 0. The summed E-state index contributed by atoms with van der Waals surface area (Å²) in [6.45, 7) is 1.83. The summed E-state index contributed by atoms with van der Waals surface area (Å²) in [4.78, 5) is 11.0. The molecule has 0 aliphatic heterocycles. The number of aromatic hydroxyl groups is 1. The first-order valence-corrected chi connectivity index (χ1v) is 3.90. The number of hydrogen-bond donors (Lipinski definition) is 1. The van der Waals surface area contributed by atoms with Crippen LogP contribution in [0.3, 0.4) is 0 Å². The molecule has 4 heteroatoms. The molecule has 1 heterocycles. The summed E-state index contributed by atoms with van der Waals surface area (Å²) in [6.07, 6.45) is 0. The molecule has 0 radical (unpaired) electrons. The highest BCUT2D eigenvalue weighted by atomic mass is 16.4. The van der Waals surface area contributed by atoms with Gasteiger partial charge in [-0.1, -0.05) is 0 Å². The van der Waals surface area contributed by atoms with E-state index in [9.17, 15) is 4.79 Å². The minimum atomic E-state index is -0.393. The molecule has 2 aromatic rings. The van der Waals surface area contributed by atoms with Gasteiger partial charge in [-0.2, -0.15) is 0 Å². The number of fused-ring (bicyclic) bond motifs is 1. The second-order valence-electron chi connectivity index (χ2n) is 2.93. The van der Waals surface area contributed by atoms with Gasteiger partial charge >= 0.3 is 5.63 Å². The molecule has 0 fully saturated rings. The predicted molar refractivity (Wildman–Crippen MR) is 52.5 cm³/mol. The Labute approximate surface area is 79.7 Å². The van der Waals surface area contributed by atoms with Crippen molar-refractivity contribution in [1.29, 1.82) is 0 Å². The first-order valence-electron chi connectivity index (χ1n) is 3.90. The van der Waals surface area contributed by atoms with Gasteiger partial charge in [0.2, 0.25) is 0 Å². The van der Waals surface area contributed by atoms with Gasteiger partial charge in [0.25, 0.3) is 0 Å². The molecule has 1 aromatic carbocycles. The maximum Gasteiger partial charge on any atom is 0.336 e. The Morgan fingerprint density at radius 2 is 2.00 bits per heavy atom. The van der Waals surface area contributed by atoms with E-state index < -0.39 is 5.63 Å². The maximum atomic E-state index is 11.0. The molecular formula is C10H10O4. The number of rotatable bonds is 0. The highest BCUT2D eigenvalue weighted by molar-refractivity contribution is 5.81. The van der Waals surface area contributed by atoms with Gasteiger partial charge in [0.1, 0.15) is 11.3 Å². The molecule has 0 amide bonds. The van der Waals surface area contributed by atoms with E-state index >= 15 is 0 Å². The van der Waals surface area contributed by atoms with E-state index in [1.807, 2.05) is 6.92 Å². The van der Waals surface area contributed by atoms with Gasteiger partial charge in [0.05, 0.1) is 0 Å². The highest BCUT2D eigenvalue weighted by Gasteiger charge is 2.01. The van der Waals surface area contributed by atoms with Crippen LogP contribution in [-0.4, -0.2) is 10.6 Å². The molecule has 4 nitrogen and oxygen atoms in total. The molecular weight excluding hydrogens is 184 g/mol. The van der Waals surface area contributed by atoms with E-state index in [-0.39, 0.29) is 11.2 Å². The molecule has 0 aliphatic rings. The minimum Gasteiger partial charge on any atom is -0.508 e. The van der Waals surface area contributed by atoms with Crippen LogP contribution in [0.15, 0.2) is 33.5 Å². The standard InChI is InChI=1S/C10H8O3.H2O/c1-6-4-10(12)13-9-5-7(11)2-3-8(6)9;/h2-5,11H,1H3;1H2. The van der Waals surface area contributed by atoms with Gasteiger partial charge in [0, 0.05) is 17.5 Å². The monoisotopic (exact) mass is 194 g/mol. The fourth-order valence-electron chi connectivity index (χ4n) is 1.31. The lowest BCUT2D eigenvalue weighted by Gasteiger charge is -1.99. The van der Waals surface area contributed by atoms with Gasteiger partial charge in [-0.05, 0) is 24.6 Å². The molecule has 0 saturated heterocycles. The third-order valence-electron chi connectivity index (χ3n) is 1.93. The molecule has 0 aliphatic carbocycles. The van der Waals surface area contributed by atoms with Crippen molar-refractivity contribution in [3.05, 3.63) is 40.2 Å². The number of benzene rings is 1. The molecule has 0 bridgehead atoms. The van der Waals surface area contributed by atoms with Crippen LogP contribution < -0.4 is 5.63 Å². The Hall–Kier alpha value is -1.81. The molecule has 3 N–H and O–H groups in total. The van der Waals surface area contributed by atoms with Crippen molar-refractivity contribution in [2.24, 2.45) is 0 Å². The molecule has 0 spiro atoms. The summed E-state index contributed by atoms with van der Waals surface area (Å²) in [6, 6.07) is 6.15. The summed E-state index contributed by atoms with van der Waals surface area (Å²) in [7, 11) is 0.